The lowest BCUT2D eigenvalue weighted by Crippen LogP contribution is -2.18. The molecule has 0 atom stereocenters. The van der Waals surface area contributed by atoms with Gasteiger partial charge in [0.1, 0.15) is 4.88 Å². The summed E-state index contributed by atoms with van der Waals surface area (Å²) >= 11 is 2.40. The summed E-state index contributed by atoms with van der Waals surface area (Å²) in [7, 11) is 6.27. The zero-order valence-corrected chi connectivity index (χ0v) is 24.7. The molecule has 0 saturated carbocycles. The number of aryl methyl sites for hydroxylation is 2. The van der Waals surface area contributed by atoms with Crippen LogP contribution in [0.1, 0.15) is 69.6 Å². The lowest BCUT2D eigenvalue weighted by Gasteiger charge is -2.15. The van der Waals surface area contributed by atoms with Crippen molar-refractivity contribution in [3.63, 3.8) is 0 Å². The first kappa shape index (κ1) is 33.2. The standard InChI is InChI=1S/C14H22N2O3S.C11H15NO5S/c1-14(2,18)7-6-10-8-11(15-9-16(3)4)12(20-10)13(17)19-5;1-11(2,14)5-4-7-6-8(12(15)16)9(18-7)10(13)17-3/h8-9,18H,6-7H2,1-5H3;6,14H,4-5H2,1-3H3. The van der Waals surface area contributed by atoms with E-state index in [0.717, 1.165) is 16.2 Å². The molecule has 2 N–H and O–H groups in total. The highest BCUT2D eigenvalue weighted by Gasteiger charge is 2.26. The summed E-state index contributed by atoms with van der Waals surface area (Å²) in [6, 6.07) is 3.24. The third-order valence-corrected chi connectivity index (χ3v) is 7.19. The number of esters is 2. The minimum absolute atomic E-state index is 0.00625. The first-order chi connectivity index (χ1) is 17.5. The molecule has 0 aliphatic heterocycles. The fourth-order valence-electron chi connectivity index (χ4n) is 2.85. The maximum atomic E-state index is 11.7. The summed E-state index contributed by atoms with van der Waals surface area (Å²) in [6.07, 6.45) is 3.92. The van der Waals surface area contributed by atoms with Crippen LogP contribution in [0, 0.1) is 10.1 Å². The van der Waals surface area contributed by atoms with Crippen molar-refractivity contribution in [2.45, 2.75) is 64.6 Å². The molecule has 0 amide bonds. The summed E-state index contributed by atoms with van der Waals surface area (Å²) in [5, 5.41) is 30.2. The Morgan fingerprint density at radius 3 is 1.84 bits per heavy atom. The number of thiophene rings is 2. The Labute approximate surface area is 230 Å². The topological polar surface area (TPSA) is 152 Å². The van der Waals surface area contributed by atoms with E-state index in [4.69, 9.17) is 4.74 Å². The second kappa shape index (κ2) is 14.3. The van der Waals surface area contributed by atoms with Crippen molar-refractivity contribution in [2.24, 2.45) is 4.99 Å². The number of hydrogen-bond donors (Lipinski definition) is 2. The number of carbonyl (C=O) groups is 2. The zero-order valence-electron chi connectivity index (χ0n) is 23.1. The molecule has 0 aromatic carbocycles. The molecule has 0 saturated heterocycles. The number of rotatable bonds is 11. The van der Waals surface area contributed by atoms with Crippen LogP contribution in [0.2, 0.25) is 0 Å². The number of methoxy groups -OCH3 is 2. The van der Waals surface area contributed by atoms with Gasteiger partial charge in [0.2, 0.25) is 0 Å². The first-order valence-corrected chi connectivity index (χ1v) is 13.3. The van der Waals surface area contributed by atoms with Gasteiger partial charge in [0.15, 0.2) is 4.88 Å². The number of ether oxygens (including phenoxy) is 2. The van der Waals surface area contributed by atoms with E-state index in [1.165, 1.54) is 31.6 Å². The van der Waals surface area contributed by atoms with E-state index >= 15 is 0 Å². The number of carbonyl (C=O) groups excluding carboxylic acids is 2. The van der Waals surface area contributed by atoms with E-state index in [9.17, 15) is 29.9 Å². The zero-order chi connectivity index (χ0) is 29.3. The van der Waals surface area contributed by atoms with Crippen LogP contribution in [0.25, 0.3) is 0 Å². The van der Waals surface area contributed by atoms with Gasteiger partial charge in [-0.1, -0.05) is 0 Å². The van der Waals surface area contributed by atoms with Gasteiger partial charge in [0.25, 0.3) is 5.69 Å². The Bertz CT molecular complexity index is 1120. The molecule has 2 aromatic heterocycles. The number of hydrogen-bond acceptors (Lipinski definition) is 11. The maximum Gasteiger partial charge on any atom is 0.355 e. The van der Waals surface area contributed by atoms with Gasteiger partial charge < -0.3 is 24.6 Å². The van der Waals surface area contributed by atoms with Gasteiger partial charge >= 0.3 is 11.9 Å². The molecule has 11 nitrogen and oxygen atoms in total. The van der Waals surface area contributed by atoms with Gasteiger partial charge in [-0.25, -0.2) is 14.6 Å². The van der Waals surface area contributed by atoms with Crippen LogP contribution in [0.4, 0.5) is 11.4 Å². The molecule has 2 aromatic rings. The first-order valence-electron chi connectivity index (χ1n) is 11.7. The third kappa shape index (κ3) is 11.7. The van der Waals surface area contributed by atoms with Crippen molar-refractivity contribution in [1.29, 1.82) is 0 Å². The second-order valence-electron chi connectivity index (χ2n) is 9.93. The fraction of sp³-hybridized carbons (Fsp3) is 0.560. The van der Waals surface area contributed by atoms with Crippen LogP contribution < -0.4 is 0 Å². The van der Waals surface area contributed by atoms with E-state index in [-0.39, 0.29) is 16.5 Å². The number of nitro groups is 1. The predicted molar refractivity (Wildman–Crippen MR) is 149 cm³/mol. The van der Waals surface area contributed by atoms with E-state index in [0.29, 0.717) is 41.1 Å². The van der Waals surface area contributed by atoms with Crippen LogP contribution >= 0.6 is 22.7 Å². The van der Waals surface area contributed by atoms with Crippen LogP contribution in [0.3, 0.4) is 0 Å². The highest BCUT2D eigenvalue weighted by molar-refractivity contribution is 7.14. The molecule has 0 spiro atoms. The van der Waals surface area contributed by atoms with Crippen molar-refractivity contribution in [3.8, 4) is 0 Å². The molecule has 0 aliphatic rings. The van der Waals surface area contributed by atoms with Gasteiger partial charge in [-0.05, 0) is 59.4 Å². The Balaban J connectivity index is 0.000000382. The molecule has 0 fully saturated rings. The molecule has 0 bridgehead atoms. The van der Waals surface area contributed by atoms with Crippen LogP contribution in [-0.4, -0.2) is 77.8 Å². The average molecular weight is 572 g/mol. The molecular formula is C25H37N3O8S2. The second-order valence-corrected chi connectivity index (χ2v) is 12.2. The van der Waals surface area contributed by atoms with Gasteiger partial charge in [-0.2, -0.15) is 0 Å². The average Bonchev–Trinajstić information content (AvgIpc) is 3.43. The van der Waals surface area contributed by atoms with Crippen molar-refractivity contribution >= 4 is 52.3 Å². The van der Waals surface area contributed by atoms with Crippen molar-refractivity contribution in [2.75, 3.05) is 28.3 Å². The number of nitrogens with zero attached hydrogens (tertiary/aromatic N) is 3. The molecule has 0 unspecified atom stereocenters. The molecule has 0 radical (unpaired) electrons. The van der Waals surface area contributed by atoms with E-state index in [1.807, 2.05) is 20.2 Å². The summed E-state index contributed by atoms with van der Waals surface area (Å²) in [6.45, 7) is 6.87. The smallest absolute Gasteiger partial charge is 0.355 e. The highest BCUT2D eigenvalue weighted by Crippen LogP contribution is 2.33. The summed E-state index contributed by atoms with van der Waals surface area (Å²) in [5.41, 5.74) is -1.19. The lowest BCUT2D eigenvalue weighted by molar-refractivity contribution is -0.384. The fourth-order valence-corrected chi connectivity index (χ4v) is 4.91. The van der Waals surface area contributed by atoms with Gasteiger partial charge in [0.05, 0.1) is 42.4 Å². The van der Waals surface area contributed by atoms with E-state index < -0.39 is 22.1 Å². The highest BCUT2D eigenvalue weighted by atomic mass is 32.1. The molecule has 0 aliphatic carbocycles. The molecule has 38 heavy (non-hydrogen) atoms. The normalized spacial score (nSPS) is 11.6. The molecule has 2 heterocycles. The molecular weight excluding hydrogens is 534 g/mol. The summed E-state index contributed by atoms with van der Waals surface area (Å²) in [4.78, 5) is 41.6. The quantitative estimate of drug-likeness (QED) is 0.129. The Morgan fingerprint density at radius 2 is 1.42 bits per heavy atom. The largest absolute Gasteiger partial charge is 0.465 e. The maximum absolute atomic E-state index is 11.7. The van der Waals surface area contributed by atoms with Crippen LogP contribution in [0.5, 0.6) is 0 Å². The minimum atomic E-state index is -0.843. The van der Waals surface area contributed by atoms with Crippen LogP contribution in [-0.2, 0) is 22.3 Å². The minimum Gasteiger partial charge on any atom is -0.465 e. The van der Waals surface area contributed by atoms with E-state index in [2.05, 4.69) is 9.73 Å². The SMILES string of the molecule is COC(=O)c1sc(CCC(C)(C)O)cc1N=CN(C)C.COC(=O)c1sc(CCC(C)(C)O)cc1[N+](=O)[O-]. The Hall–Kier alpha value is -2.87. The van der Waals surface area contributed by atoms with Gasteiger partial charge in [-0.15, -0.1) is 22.7 Å². The number of aliphatic hydroxyl groups is 2. The molecule has 13 heteroatoms. The summed E-state index contributed by atoms with van der Waals surface area (Å²) in [5.74, 6) is -1.09. The van der Waals surface area contributed by atoms with Crippen molar-refractivity contribution in [3.05, 3.63) is 41.8 Å². The van der Waals surface area contributed by atoms with Crippen LogP contribution in [0.15, 0.2) is 17.1 Å². The Kier molecular flexibility index (Phi) is 12.5. The molecule has 2 rings (SSSR count). The molecule has 212 valence electrons. The third-order valence-electron chi connectivity index (χ3n) is 4.86. The van der Waals surface area contributed by atoms with Gasteiger partial charge in [-0.3, -0.25) is 10.1 Å². The van der Waals surface area contributed by atoms with Crippen molar-refractivity contribution in [1.82, 2.24) is 4.90 Å². The van der Waals surface area contributed by atoms with Crippen molar-refractivity contribution < 1.29 is 34.2 Å². The number of aliphatic imine (C=N–C) groups is 1. The lowest BCUT2D eigenvalue weighted by atomic mass is 10.0. The predicted octanol–water partition coefficient (Wildman–Crippen LogP) is 4.61. The monoisotopic (exact) mass is 571 g/mol. The summed E-state index contributed by atoms with van der Waals surface area (Å²) < 4.78 is 9.28. The van der Waals surface area contributed by atoms with Gasteiger partial charge in [0, 0.05) is 29.9 Å². The Morgan fingerprint density at radius 1 is 0.974 bits per heavy atom. The van der Waals surface area contributed by atoms with E-state index in [1.54, 1.807) is 38.9 Å².